The Morgan fingerprint density at radius 2 is 2.00 bits per heavy atom. The van der Waals surface area contributed by atoms with Gasteiger partial charge in [0.05, 0.1) is 0 Å². The van der Waals surface area contributed by atoms with Crippen LogP contribution in [0, 0.1) is 0 Å². The molecule has 2 aromatic rings. The highest BCUT2D eigenvalue weighted by molar-refractivity contribution is 7.10. The predicted molar refractivity (Wildman–Crippen MR) is 89.6 cm³/mol. The fourth-order valence-corrected chi connectivity index (χ4v) is 4.65. The van der Waals surface area contributed by atoms with Crippen molar-refractivity contribution in [3.05, 3.63) is 46.7 Å². The van der Waals surface area contributed by atoms with Crippen LogP contribution in [0.15, 0.2) is 41.8 Å². The fourth-order valence-electron chi connectivity index (χ4n) is 3.81. The van der Waals surface area contributed by atoms with Crippen LogP contribution in [0.4, 0.5) is 0 Å². The van der Waals surface area contributed by atoms with E-state index in [1.54, 1.807) is 0 Å². The molecule has 2 atom stereocenters. The number of fused-ring (bicyclic) bond motifs is 1. The molecule has 0 radical (unpaired) electrons. The van der Waals surface area contributed by atoms with Crippen LogP contribution in [-0.4, -0.2) is 30.1 Å². The van der Waals surface area contributed by atoms with Crippen molar-refractivity contribution in [2.45, 2.75) is 37.9 Å². The number of hydrogen-bond acceptors (Lipinski definition) is 3. The molecule has 21 heavy (non-hydrogen) atoms. The quantitative estimate of drug-likeness (QED) is 0.925. The van der Waals surface area contributed by atoms with Gasteiger partial charge in [-0.2, -0.15) is 0 Å². The predicted octanol–water partition coefficient (Wildman–Crippen LogP) is 3.74. The number of benzene rings is 1. The van der Waals surface area contributed by atoms with Crippen molar-refractivity contribution in [2.75, 3.05) is 13.1 Å². The third-order valence-corrected chi connectivity index (χ3v) is 5.84. The van der Waals surface area contributed by atoms with Gasteiger partial charge in [-0.05, 0) is 48.4 Å². The summed E-state index contributed by atoms with van der Waals surface area (Å²) in [6.45, 7) is 3.63. The first kappa shape index (κ1) is 13.5. The minimum absolute atomic E-state index is 0.703. The van der Waals surface area contributed by atoms with Crippen LogP contribution in [0.25, 0.3) is 11.1 Å². The Kier molecular flexibility index (Phi) is 3.80. The fraction of sp³-hybridized carbons (Fsp3) is 0.444. The van der Waals surface area contributed by atoms with Crippen molar-refractivity contribution in [1.29, 1.82) is 0 Å². The van der Waals surface area contributed by atoms with Crippen LogP contribution in [0.3, 0.4) is 0 Å². The van der Waals surface area contributed by atoms with Crippen LogP contribution < -0.4 is 5.32 Å². The van der Waals surface area contributed by atoms with Gasteiger partial charge in [-0.25, -0.2) is 0 Å². The second-order valence-electron chi connectivity index (χ2n) is 6.19. The van der Waals surface area contributed by atoms with E-state index < -0.39 is 0 Å². The van der Waals surface area contributed by atoms with Gasteiger partial charge in [0.2, 0.25) is 0 Å². The van der Waals surface area contributed by atoms with Gasteiger partial charge in [-0.1, -0.05) is 30.3 Å². The molecule has 0 spiro atoms. The van der Waals surface area contributed by atoms with Crippen LogP contribution in [0.1, 0.15) is 24.1 Å². The van der Waals surface area contributed by atoms with Gasteiger partial charge in [0.25, 0.3) is 0 Å². The van der Waals surface area contributed by atoms with Gasteiger partial charge in [0.15, 0.2) is 0 Å². The molecule has 2 unspecified atom stereocenters. The number of nitrogens with zero attached hydrogens (tertiary/aromatic N) is 1. The van der Waals surface area contributed by atoms with E-state index in [1.165, 1.54) is 48.4 Å². The Balaban J connectivity index is 1.39. The molecular weight excluding hydrogens is 276 g/mol. The summed E-state index contributed by atoms with van der Waals surface area (Å²) < 4.78 is 0. The first-order valence-corrected chi connectivity index (χ1v) is 8.88. The highest BCUT2D eigenvalue weighted by Gasteiger charge is 2.36. The van der Waals surface area contributed by atoms with E-state index in [-0.39, 0.29) is 0 Å². The third-order valence-electron chi connectivity index (χ3n) is 4.91. The van der Waals surface area contributed by atoms with Gasteiger partial charge in [0, 0.05) is 30.1 Å². The molecule has 2 aliphatic heterocycles. The molecule has 1 aromatic heterocycles. The third kappa shape index (κ3) is 2.78. The lowest BCUT2D eigenvalue weighted by Gasteiger charge is -2.20. The normalized spacial score (nSPS) is 25.3. The molecule has 2 fully saturated rings. The van der Waals surface area contributed by atoms with Gasteiger partial charge in [-0.15, -0.1) is 11.3 Å². The molecular formula is C18H22N2S. The number of thiophene rings is 1. The maximum Gasteiger partial charge on any atom is 0.0303 e. The van der Waals surface area contributed by atoms with E-state index in [9.17, 15) is 0 Å². The first-order chi connectivity index (χ1) is 10.4. The minimum Gasteiger partial charge on any atom is -0.307 e. The summed E-state index contributed by atoms with van der Waals surface area (Å²) in [6, 6.07) is 14.5. The first-order valence-electron chi connectivity index (χ1n) is 8.00. The maximum atomic E-state index is 3.80. The second kappa shape index (κ2) is 5.91. The van der Waals surface area contributed by atoms with Crippen LogP contribution >= 0.6 is 11.3 Å². The molecule has 0 bridgehead atoms. The van der Waals surface area contributed by atoms with Crippen molar-refractivity contribution in [1.82, 2.24) is 10.2 Å². The zero-order valence-electron chi connectivity index (χ0n) is 12.3. The van der Waals surface area contributed by atoms with Crippen LogP contribution in [0.2, 0.25) is 0 Å². The van der Waals surface area contributed by atoms with E-state index in [4.69, 9.17) is 0 Å². The number of nitrogens with one attached hydrogen (secondary N) is 1. The molecule has 1 N–H and O–H groups in total. The number of hydrogen-bond donors (Lipinski definition) is 1. The van der Waals surface area contributed by atoms with Gasteiger partial charge in [0.1, 0.15) is 0 Å². The molecule has 2 saturated heterocycles. The molecule has 0 aliphatic carbocycles. The van der Waals surface area contributed by atoms with Crippen molar-refractivity contribution >= 4 is 11.3 Å². The molecule has 3 heteroatoms. The van der Waals surface area contributed by atoms with Gasteiger partial charge >= 0.3 is 0 Å². The molecule has 2 nitrogen and oxygen atoms in total. The van der Waals surface area contributed by atoms with E-state index in [0.717, 1.165) is 12.6 Å². The lowest BCUT2D eigenvalue weighted by atomic mass is 10.1. The SMILES string of the molecule is c1ccc(-c2csc(CNC3CCN4CCCC34)c2)cc1. The van der Waals surface area contributed by atoms with Crippen molar-refractivity contribution in [3.63, 3.8) is 0 Å². The second-order valence-corrected chi connectivity index (χ2v) is 7.19. The summed E-state index contributed by atoms with van der Waals surface area (Å²) in [5.74, 6) is 0. The Hall–Kier alpha value is -1.16. The maximum absolute atomic E-state index is 3.80. The molecule has 1 aromatic carbocycles. The Labute approximate surface area is 130 Å². The summed E-state index contributed by atoms with van der Waals surface area (Å²) in [6.07, 6.45) is 4.10. The lowest BCUT2D eigenvalue weighted by Crippen LogP contribution is -2.38. The number of rotatable bonds is 4. The van der Waals surface area contributed by atoms with E-state index in [1.807, 2.05) is 11.3 Å². The topological polar surface area (TPSA) is 15.3 Å². The Morgan fingerprint density at radius 3 is 2.90 bits per heavy atom. The van der Waals surface area contributed by atoms with E-state index in [2.05, 4.69) is 52.0 Å². The van der Waals surface area contributed by atoms with Crippen molar-refractivity contribution in [2.24, 2.45) is 0 Å². The van der Waals surface area contributed by atoms with Gasteiger partial charge in [-0.3, -0.25) is 4.90 Å². The smallest absolute Gasteiger partial charge is 0.0303 e. The summed E-state index contributed by atoms with van der Waals surface area (Å²) in [5, 5.41) is 6.08. The largest absolute Gasteiger partial charge is 0.307 e. The van der Waals surface area contributed by atoms with E-state index in [0.29, 0.717) is 6.04 Å². The molecule has 3 heterocycles. The molecule has 0 amide bonds. The highest BCUT2D eigenvalue weighted by Crippen LogP contribution is 2.29. The lowest BCUT2D eigenvalue weighted by molar-refractivity contribution is 0.299. The zero-order valence-corrected chi connectivity index (χ0v) is 13.1. The Morgan fingerprint density at radius 1 is 1.10 bits per heavy atom. The summed E-state index contributed by atoms with van der Waals surface area (Å²) in [5.41, 5.74) is 2.68. The van der Waals surface area contributed by atoms with E-state index >= 15 is 0 Å². The average molecular weight is 298 g/mol. The van der Waals surface area contributed by atoms with Gasteiger partial charge < -0.3 is 5.32 Å². The van der Waals surface area contributed by atoms with Crippen LogP contribution in [0.5, 0.6) is 0 Å². The van der Waals surface area contributed by atoms with Crippen molar-refractivity contribution in [3.8, 4) is 11.1 Å². The highest BCUT2D eigenvalue weighted by atomic mass is 32.1. The molecule has 2 aliphatic rings. The Bertz CT molecular complexity index is 592. The minimum atomic E-state index is 0.703. The molecule has 110 valence electrons. The average Bonchev–Trinajstić information content (AvgIpc) is 3.23. The summed E-state index contributed by atoms with van der Waals surface area (Å²) in [7, 11) is 0. The zero-order chi connectivity index (χ0) is 14.1. The summed E-state index contributed by atoms with van der Waals surface area (Å²) in [4.78, 5) is 4.12. The standard InChI is InChI=1S/C18H22N2S/c1-2-5-14(6-3-1)15-11-16(21-13-15)12-19-17-8-10-20-9-4-7-18(17)20/h1-3,5-6,11,13,17-19H,4,7-10,12H2. The molecule has 0 saturated carbocycles. The monoisotopic (exact) mass is 298 g/mol. The summed E-state index contributed by atoms with van der Waals surface area (Å²) >= 11 is 1.88. The van der Waals surface area contributed by atoms with Crippen molar-refractivity contribution < 1.29 is 0 Å². The van der Waals surface area contributed by atoms with Crippen LogP contribution in [-0.2, 0) is 6.54 Å². The molecule has 4 rings (SSSR count).